The summed E-state index contributed by atoms with van der Waals surface area (Å²) in [5.41, 5.74) is 0.539. The van der Waals surface area contributed by atoms with Crippen LogP contribution in [0.4, 0.5) is 10.1 Å². The maximum atomic E-state index is 13.9. The molecule has 1 aliphatic heterocycles. The number of ether oxygens (including phenoxy) is 1. The first-order valence-corrected chi connectivity index (χ1v) is 6.85. The van der Waals surface area contributed by atoms with E-state index in [4.69, 9.17) is 4.74 Å². The molecular formula is C15H20FNO2. The van der Waals surface area contributed by atoms with Gasteiger partial charge in [0.25, 0.3) is 0 Å². The van der Waals surface area contributed by atoms with Crippen molar-refractivity contribution in [3.63, 3.8) is 0 Å². The average Bonchev–Trinajstić information content (AvgIpc) is 2.42. The van der Waals surface area contributed by atoms with E-state index in [0.29, 0.717) is 43.3 Å². The Labute approximate surface area is 113 Å². The number of hydrogen-bond donors (Lipinski definition) is 0. The van der Waals surface area contributed by atoms with E-state index in [1.54, 1.807) is 12.1 Å². The second-order valence-corrected chi connectivity index (χ2v) is 4.81. The molecule has 0 aliphatic carbocycles. The van der Waals surface area contributed by atoms with Crippen LogP contribution in [0.3, 0.4) is 0 Å². The number of halogens is 1. The Morgan fingerprint density at radius 3 is 2.89 bits per heavy atom. The lowest BCUT2D eigenvalue weighted by Crippen LogP contribution is -2.41. The van der Waals surface area contributed by atoms with Gasteiger partial charge in [-0.25, -0.2) is 4.39 Å². The zero-order valence-corrected chi connectivity index (χ0v) is 11.5. The minimum Gasteiger partial charge on any atom is -0.494 e. The van der Waals surface area contributed by atoms with E-state index in [2.05, 4.69) is 0 Å². The summed E-state index contributed by atoms with van der Waals surface area (Å²) in [7, 11) is 0. The van der Waals surface area contributed by atoms with Crippen molar-refractivity contribution < 1.29 is 13.9 Å². The van der Waals surface area contributed by atoms with Crippen LogP contribution in [0, 0.1) is 11.7 Å². The highest BCUT2D eigenvalue weighted by atomic mass is 19.1. The van der Waals surface area contributed by atoms with Gasteiger partial charge in [0.2, 0.25) is 0 Å². The van der Waals surface area contributed by atoms with Gasteiger partial charge >= 0.3 is 0 Å². The molecule has 1 unspecified atom stereocenters. The molecule has 0 saturated carbocycles. The Kier molecular flexibility index (Phi) is 4.40. The van der Waals surface area contributed by atoms with Gasteiger partial charge in [0.1, 0.15) is 17.3 Å². The van der Waals surface area contributed by atoms with Crippen LogP contribution in [0.25, 0.3) is 0 Å². The molecule has 1 aromatic rings. The van der Waals surface area contributed by atoms with Crippen LogP contribution in [0.1, 0.15) is 26.7 Å². The molecule has 0 amide bonds. The van der Waals surface area contributed by atoms with Crippen molar-refractivity contribution in [1.82, 2.24) is 0 Å². The molecule has 0 spiro atoms. The van der Waals surface area contributed by atoms with Crippen molar-refractivity contribution in [2.24, 2.45) is 5.92 Å². The van der Waals surface area contributed by atoms with Crippen LogP contribution in [0.5, 0.6) is 5.75 Å². The van der Waals surface area contributed by atoms with Crippen LogP contribution in [-0.4, -0.2) is 25.5 Å². The van der Waals surface area contributed by atoms with E-state index < -0.39 is 0 Å². The van der Waals surface area contributed by atoms with Gasteiger partial charge in [0, 0.05) is 31.5 Å². The summed E-state index contributed by atoms with van der Waals surface area (Å²) >= 11 is 0. The molecule has 19 heavy (non-hydrogen) atoms. The highest BCUT2D eigenvalue weighted by Gasteiger charge is 2.27. The van der Waals surface area contributed by atoms with Gasteiger partial charge in [-0.2, -0.15) is 0 Å². The summed E-state index contributed by atoms with van der Waals surface area (Å²) in [4.78, 5) is 13.7. The number of rotatable bonds is 4. The van der Waals surface area contributed by atoms with Gasteiger partial charge in [-0.05, 0) is 25.5 Å². The van der Waals surface area contributed by atoms with E-state index >= 15 is 0 Å². The Balaban J connectivity index is 2.21. The van der Waals surface area contributed by atoms with Crippen molar-refractivity contribution in [2.75, 3.05) is 24.6 Å². The predicted octanol–water partition coefficient (Wildman–Crippen LogP) is 3.03. The zero-order valence-electron chi connectivity index (χ0n) is 11.5. The van der Waals surface area contributed by atoms with E-state index in [9.17, 15) is 9.18 Å². The summed E-state index contributed by atoms with van der Waals surface area (Å²) in [6.07, 6.45) is 1.30. The van der Waals surface area contributed by atoms with Gasteiger partial charge in [-0.3, -0.25) is 4.79 Å². The van der Waals surface area contributed by atoms with Crippen molar-refractivity contribution in [1.29, 1.82) is 0 Å². The fraction of sp³-hybridized carbons (Fsp3) is 0.533. The topological polar surface area (TPSA) is 29.5 Å². The first-order chi connectivity index (χ1) is 9.15. The second-order valence-electron chi connectivity index (χ2n) is 4.81. The number of carbonyl (C=O) groups is 1. The fourth-order valence-electron chi connectivity index (χ4n) is 2.48. The molecule has 1 heterocycles. The molecular weight excluding hydrogens is 245 g/mol. The minimum absolute atomic E-state index is 0.0175. The summed E-state index contributed by atoms with van der Waals surface area (Å²) in [5, 5.41) is 0. The fourth-order valence-corrected chi connectivity index (χ4v) is 2.48. The van der Waals surface area contributed by atoms with Gasteiger partial charge in [0.15, 0.2) is 0 Å². The minimum atomic E-state index is -0.257. The first-order valence-electron chi connectivity index (χ1n) is 6.85. The lowest BCUT2D eigenvalue weighted by Gasteiger charge is -2.33. The smallest absolute Gasteiger partial charge is 0.146 e. The molecule has 1 saturated heterocycles. The van der Waals surface area contributed by atoms with Crippen LogP contribution < -0.4 is 9.64 Å². The quantitative estimate of drug-likeness (QED) is 0.838. The van der Waals surface area contributed by atoms with E-state index in [1.807, 2.05) is 18.7 Å². The third kappa shape index (κ3) is 3.06. The van der Waals surface area contributed by atoms with Crippen LogP contribution in [-0.2, 0) is 4.79 Å². The van der Waals surface area contributed by atoms with E-state index in [-0.39, 0.29) is 11.7 Å². The van der Waals surface area contributed by atoms with Crippen molar-refractivity contribution in [2.45, 2.75) is 26.7 Å². The van der Waals surface area contributed by atoms with Gasteiger partial charge in [0.05, 0.1) is 12.3 Å². The second kappa shape index (κ2) is 6.04. The molecule has 4 heteroatoms. The lowest BCUT2D eigenvalue weighted by atomic mass is 9.93. The maximum Gasteiger partial charge on any atom is 0.146 e. The van der Waals surface area contributed by atoms with Gasteiger partial charge < -0.3 is 9.64 Å². The third-order valence-electron chi connectivity index (χ3n) is 3.59. The van der Waals surface area contributed by atoms with E-state index in [0.717, 1.165) is 6.42 Å². The lowest BCUT2D eigenvalue weighted by molar-refractivity contribution is -0.123. The number of benzene rings is 1. The number of anilines is 1. The molecule has 0 aromatic heterocycles. The Morgan fingerprint density at radius 2 is 2.21 bits per heavy atom. The Hall–Kier alpha value is -1.58. The summed E-state index contributed by atoms with van der Waals surface area (Å²) in [5.74, 6) is 0.723. The third-order valence-corrected chi connectivity index (χ3v) is 3.59. The number of carbonyl (C=O) groups excluding carboxylic acids is 1. The Bertz CT molecular complexity index is 461. The molecule has 0 radical (unpaired) electrons. The molecule has 2 rings (SSSR count). The summed E-state index contributed by atoms with van der Waals surface area (Å²) < 4.78 is 19.3. The number of piperidine rings is 1. The monoisotopic (exact) mass is 265 g/mol. The molecule has 3 nitrogen and oxygen atoms in total. The number of ketones is 1. The molecule has 0 bridgehead atoms. The molecule has 1 aliphatic rings. The normalized spacial score (nSPS) is 19.6. The summed E-state index contributed by atoms with van der Waals surface area (Å²) in [6.45, 7) is 5.64. The number of nitrogens with zero attached hydrogens (tertiary/aromatic N) is 1. The highest BCUT2D eigenvalue weighted by molar-refractivity contribution is 5.83. The van der Waals surface area contributed by atoms with Crippen molar-refractivity contribution >= 4 is 11.5 Å². The molecule has 104 valence electrons. The molecule has 1 fully saturated rings. The Morgan fingerprint density at radius 1 is 1.42 bits per heavy atom. The SMILES string of the molecule is CCOc1ccc(F)c(N2CCC(=O)C(CC)C2)c1. The molecule has 1 aromatic carbocycles. The average molecular weight is 265 g/mol. The zero-order chi connectivity index (χ0) is 13.8. The van der Waals surface area contributed by atoms with Gasteiger partial charge in [-0.15, -0.1) is 0 Å². The van der Waals surface area contributed by atoms with Crippen LogP contribution >= 0.6 is 0 Å². The summed E-state index contributed by atoms with van der Waals surface area (Å²) in [6, 6.07) is 4.79. The van der Waals surface area contributed by atoms with E-state index in [1.165, 1.54) is 6.07 Å². The van der Waals surface area contributed by atoms with Crippen molar-refractivity contribution in [3.05, 3.63) is 24.0 Å². The predicted molar refractivity (Wildman–Crippen MR) is 73.2 cm³/mol. The highest BCUT2D eigenvalue weighted by Crippen LogP contribution is 2.28. The van der Waals surface area contributed by atoms with Crippen molar-refractivity contribution in [3.8, 4) is 5.75 Å². The molecule has 1 atom stereocenters. The van der Waals surface area contributed by atoms with Crippen LogP contribution in [0.2, 0.25) is 0 Å². The molecule has 0 N–H and O–H groups in total. The largest absolute Gasteiger partial charge is 0.494 e. The number of Topliss-reactive ketones (excluding diaryl/α,β-unsaturated/α-hetero) is 1. The first kappa shape index (κ1) is 13.8. The van der Waals surface area contributed by atoms with Gasteiger partial charge in [-0.1, -0.05) is 6.92 Å². The standard InChI is InChI=1S/C15H20FNO2/c1-3-11-10-17(8-7-15(11)18)14-9-12(19-4-2)5-6-13(14)16/h5-6,9,11H,3-4,7-8,10H2,1-2H3. The number of hydrogen-bond acceptors (Lipinski definition) is 3. The maximum absolute atomic E-state index is 13.9. The van der Waals surface area contributed by atoms with Crippen LogP contribution in [0.15, 0.2) is 18.2 Å².